The Labute approximate surface area is 164 Å². The highest BCUT2D eigenvalue weighted by molar-refractivity contribution is 5.95. The summed E-state index contributed by atoms with van der Waals surface area (Å²) in [5.41, 5.74) is 1.60. The molecule has 0 radical (unpaired) electrons. The van der Waals surface area contributed by atoms with Crippen molar-refractivity contribution in [3.05, 3.63) is 30.1 Å². The number of methoxy groups -OCH3 is 3. The number of hydrogen-bond acceptors (Lipinski definition) is 6. The van der Waals surface area contributed by atoms with Gasteiger partial charge in [-0.15, -0.1) is 12.4 Å². The first-order chi connectivity index (χ1) is 12.6. The van der Waals surface area contributed by atoms with Crippen LogP contribution in [-0.2, 0) is 11.8 Å². The minimum Gasteiger partial charge on any atom is -0.494 e. The predicted molar refractivity (Wildman–Crippen MR) is 104 cm³/mol. The van der Waals surface area contributed by atoms with E-state index in [4.69, 9.17) is 14.2 Å². The molecule has 1 aliphatic heterocycles. The van der Waals surface area contributed by atoms with E-state index in [0.29, 0.717) is 29.5 Å². The van der Waals surface area contributed by atoms with Crippen molar-refractivity contribution >= 4 is 24.0 Å². The van der Waals surface area contributed by atoms with E-state index < -0.39 is 0 Å². The van der Waals surface area contributed by atoms with Crippen molar-refractivity contribution in [3.63, 3.8) is 0 Å². The van der Waals surface area contributed by atoms with Gasteiger partial charge in [-0.2, -0.15) is 5.10 Å². The Kier molecular flexibility index (Phi) is 6.92. The zero-order valence-corrected chi connectivity index (χ0v) is 16.6. The second kappa shape index (κ2) is 8.96. The Balaban J connectivity index is 0.00000261. The highest BCUT2D eigenvalue weighted by atomic mass is 35.5. The molecule has 0 bridgehead atoms. The summed E-state index contributed by atoms with van der Waals surface area (Å²) in [6.45, 7) is 1.36. The Morgan fingerprint density at radius 2 is 1.81 bits per heavy atom. The lowest BCUT2D eigenvalue weighted by Gasteiger charge is -2.19. The highest BCUT2D eigenvalue weighted by Crippen LogP contribution is 2.38. The Bertz CT molecular complexity index is 796. The molecule has 27 heavy (non-hydrogen) atoms. The zero-order valence-electron chi connectivity index (χ0n) is 15.8. The number of aromatic nitrogens is 2. The van der Waals surface area contributed by atoms with Gasteiger partial charge in [0.05, 0.1) is 39.1 Å². The summed E-state index contributed by atoms with van der Waals surface area (Å²) in [5, 5.41) is 10.5. The molecule has 1 aromatic carbocycles. The molecule has 148 valence electrons. The molecule has 2 atom stereocenters. The molecule has 8 nitrogen and oxygen atoms in total. The van der Waals surface area contributed by atoms with Crippen molar-refractivity contribution in [1.29, 1.82) is 0 Å². The molecule has 0 unspecified atom stereocenters. The average molecular weight is 397 g/mol. The monoisotopic (exact) mass is 396 g/mol. The normalized spacial score (nSPS) is 18.5. The fourth-order valence-corrected chi connectivity index (χ4v) is 3.29. The molecule has 1 aromatic heterocycles. The van der Waals surface area contributed by atoms with E-state index in [9.17, 15) is 4.79 Å². The van der Waals surface area contributed by atoms with Crippen LogP contribution in [0.3, 0.4) is 0 Å². The quantitative estimate of drug-likeness (QED) is 0.774. The topological polar surface area (TPSA) is 86.6 Å². The third-order valence-electron chi connectivity index (χ3n) is 4.67. The molecule has 2 aromatic rings. The fraction of sp³-hybridized carbons (Fsp3) is 0.444. The van der Waals surface area contributed by atoms with Crippen molar-refractivity contribution in [2.45, 2.75) is 5.92 Å². The molecular formula is C18H25ClN4O4. The van der Waals surface area contributed by atoms with E-state index in [1.54, 1.807) is 38.1 Å². The fourth-order valence-electron chi connectivity index (χ4n) is 3.29. The lowest BCUT2D eigenvalue weighted by molar-refractivity contribution is -0.119. The maximum atomic E-state index is 12.9. The van der Waals surface area contributed by atoms with Crippen LogP contribution in [0.25, 0.3) is 0 Å². The van der Waals surface area contributed by atoms with Crippen LogP contribution < -0.4 is 24.8 Å². The van der Waals surface area contributed by atoms with Crippen LogP contribution in [0.15, 0.2) is 24.5 Å². The summed E-state index contributed by atoms with van der Waals surface area (Å²) >= 11 is 0. The predicted octanol–water partition coefficient (Wildman–Crippen LogP) is 1.81. The molecule has 3 rings (SSSR count). The van der Waals surface area contributed by atoms with Crippen molar-refractivity contribution < 1.29 is 19.0 Å². The maximum Gasteiger partial charge on any atom is 0.229 e. The summed E-state index contributed by atoms with van der Waals surface area (Å²) < 4.78 is 17.7. The number of amides is 1. The number of aryl methyl sites for hydroxylation is 1. The van der Waals surface area contributed by atoms with Crippen molar-refractivity contribution in [1.82, 2.24) is 15.1 Å². The number of nitrogens with zero attached hydrogens (tertiary/aromatic N) is 2. The molecule has 1 aliphatic rings. The zero-order chi connectivity index (χ0) is 18.7. The number of nitrogens with one attached hydrogen (secondary N) is 2. The van der Waals surface area contributed by atoms with Crippen LogP contribution in [0.2, 0.25) is 0 Å². The molecule has 0 saturated carbocycles. The Morgan fingerprint density at radius 3 is 2.41 bits per heavy atom. The molecule has 0 spiro atoms. The molecular weight excluding hydrogens is 372 g/mol. The minimum atomic E-state index is -0.197. The number of hydrogen-bond donors (Lipinski definition) is 2. The third-order valence-corrected chi connectivity index (χ3v) is 4.67. The van der Waals surface area contributed by atoms with Crippen molar-refractivity contribution in [2.24, 2.45) is 13.0 Å². The van der Waals surface area contributed by atoms with Crippen molar-refractivity contribution in [2.75, 3.05) is 39.7 Å². The molecule has 1 saturated heterocycles. The second-order valence-electron chi connectivity index (χ2n) is 6.22. The maximum absolute atomic E-state index is 12.9. The van der Waals surface area contributed by atoms with Gasteiger partial charge in [0.25, 0.3) is 0 Å². The van der Waals surface area contributed by atoms with Gasteiger partial charge < -0.3 is 24.8 Å². The molecule has 1 fully saturated rings. The van der Waals surface area contributed by atoms with Gasteiger partial charge in [0.15, 0.2) is 11.5 Å². The van der Waals surface area contributed by atoms with Gasteiger partial charge in [-0.3, -0.25) is 9.48 Å². The summed E-state index contributed by atoms with van der Waals surface area (Å²) in [6, 6.07) is 3.40. The standard InChI is InChI=1S/C18H24N4O4.ClH/c1-22-10-11(7-20-22)12-8-19-9-13(12)18(23)21-14-5-16(25-3)17(26-4)6-15(14)24-2;/h5-7,10,12-13,19H,8-9H2,1-4H3,(H,21,23);1H/t12-,13+;/m1./s1. The van der Waals surface area contributed by atoms with E-state index in [1.165, 1.54) is 0 Å². The lowest BCUT2D eigenvalue weighted by Crippen LogP contribution is -2.28. The smallest absolute Gasteiger partial charge is 0.229 e. The average Bonchev–Trinajstić information content (AvgIpc) is 3.29. The number of ether oxygens (including phenoxy) is 3. The van der Waals surface area contributed by atoms with Gasteiger partial charge in [-0.1, -0.05) is 0 Å². The van der Waals surface area contributed by atoms with Gasteiger partial charge in [-0.05, 0) is 5.56 Å². The highest BCUT2D eigenvalue weighted by Gasteiger charge is 2.35. The first kappa shape index (κ1) is 20.9. The minimum absolute atomic E-state index is 0. The summed E-state index contributed by atoms with van der Waals surface area (Å²) in [5.74, 6) is 1.39. The Hall–Kier alpha value is -2.45. The van der Waals surface area contributed by atoms with Crippen LogP contribution in [0, 0.1) is 5.92 Å². The summed E-state index contributed by atoms with van der Waals surface area (Å²) in [7, 11) is 6.52. The van der Waals surface area contributed by atoms with E-state index in [2.05, 4.69) is 15.7 Å². The largest absolute Gasteiger partial charge is 0.494 e. The summed E-state index contributed by atoms with van der Waals surface area (Å²) in [6.07, 6.45) is 3.77. The number of carbonyl (C=O) groups excluding carboxylic acids is 1. The molecule has 9 heteroatoms. The van der Waals surface area contributed by atoms with Gasteiger partial charge in [0.2, 0.25) is 5.91 Å². The number of anilines is 1. The molecule has 2 heterocycles. The van der Waals surface area contributed by atoms with E-state index in [0.717, 1.165) is 12.1 Å². The van der Waals surface area contributed by atoms with E-state index in [1.807, 2.05) is 19.4 Å². The SMILES string of the molecule is COc1cc(OC)c(OC)cc1NC(=O)[C@H]1CNC[C@@H]1c1cnn(C)c1.Cl. The van der Waals surface area contributed by atoms with Gasteiger partial charge in [0.1, 0.15) is 5.75 Å². The number of rotatable bonds is 6. The van der Waals surface area contributed by atoms with E-state index >= 15 is 0 Å². The van der Waals surface area contributed by atoms with Gasteiger partial charge >= 0.3 is 0 Å². The number of halogens is 1. The first-order valence-electron chi connectivity index (χ1n) is 8.37. The van der Waals surface area contributed by atoms with E-state index in [-0.39, 0.29) is 30.2 Å². The summed E-state index contributed by atoms with van der Waals surface area (Å²) in [4.78, 5) is 12.9. The van der Waals surface area contributed by atoms with Gasteiger partial charge in [-0.25, -0.2) is 0 Å². The Morgan fingerprint density at radius 1 is 1.15 bits per heavy atom. The van der Waals surface area contributed by atoms with Crippen LogP contribution in [0.5, 0.6) is 17.2 Å². The van der Waals surface area contributed by atoms with Crippen LogP contribution >= 0.6 is 12.4 Å². The second-order valence-corrected chi connectivity index (χ2v) is 6.22. The van der Waals surface area contributed by atoms with Gasteiger partial charge in [0, 0.05) is 44.4 Å². The van der Waals surface area contributed by atoms with Crippen LogP contribution in [0.1, 0.15) is 11.5 Å². The van der Waals surface area contributed by atoms with Crippen LogP contribution in [-0.4, -0.2) is 50.1 Å². The number of benzene rings is 1. The third kappa shape index (κ3) is 4.28. The van der Waals surface area contributed by atoms with Crippen molar-refractivity contribution in [3.8, 4) is 17.2 Å². The molecule has 1 amide bonds. The lowest BCUT2D eigenvalue weighted by atomic mass is 9.90. The van der Waals surface area contributed by atoms with Crippen LogP contribution in [0.4, 0.5) is 5.69 Å². The first-order valence-corrected chi connectivity index (χ1v) is 8.37. The number of carbonyl (C=O) groups is 1. The molecule has 2 N–H and O–H groups in total. The molecule has 0 aliphatic carbocycles.